The predicted molar refractivity (Wildman–Crippen MR) is 101 cm³/mol. The van der Waals surface area contributed by atoms with Crippen molar-refractivity contribution in [3.8, 4) is 0 Å². The molecule has 2 rings (SSSR count). The summed E-state index contributed by atoms with van der Waals surface area (Å²) in [5, 5.41) is 9.25. The van der Waals surface area contributed by atoms with Crippen LogP contribution in [0.25, 0.3) is 0 Å². The highest BCUT2D eigenvalue weighted by molar-refractivity contribution is 5.79. The Kier molecular flexibility index (Phi) is 7.64. The molecule has 1 aliphatic heterocycles. The molecule has 2 atom stereocenters. The van der Waals surface area contributed by atoms with E-state index in [0.717, 1.165) is 12.8 Å². The maximum Gasteiger partial charge on any atom is 0.333 e. The van der Waals surface area contributed by atoms with E-state index in [1.54, 1.807) is 0 Å². The van der Waals surface area contributed by atoms with Crippen molar-refractivity contribution >= 4 is 11.9 Å². The van der Waals surface area contributed by atoms with Crippen LogP contribution < -0.4 is 0 Å². The Morgan fingerprint density at radius 3 is 2.31 bits per heavy atom. The standard InChI is InChI=1S/C21H31NO4/c1-15(2)13-18(14-16-7-5-4-6-8-16)20(23)22-11-9-17(10-12-22)19(26-3)21(24)25/h4-8,15,17-19H,9-14H2,1-3H3,(H,24,25). The molecule has 5 heteroatoms. The van der Waals surface area contributed by atoms with Crippen molar-refractivity contribution in [2.45, 2.75) is 45.6 Å². The summed E-state index contributed by atoms with van der Waals surface area (Å²) in [4.78, 5) is 26.3. The smallest absolute Gasteiger partial charge is 0.333 e. The maximum atomic E-state index is 13.1. The Bertz CT molecular complexity index is 579. The number of hydrogen-bond acceptors (Lipinski definition) is 3. The maximum absolute atomic E-state index is 13.1. The number of rotatable bonds is 8. The second-order valence-electron chi connectivity index (χ2n) is 7.67. The molecule has 1 saturated heterocycles. The van der Waals surface area contributed by atoms with Gasteiger partial charge in [-0.1, -0.05) is 44.2 Å². The molecule has 1 N–H and O–H groups in total. The summed E-state index contributed by atoms with van der Waals surface area (Å²) in [5.74, 6) is -0.315. The number of ether oxygens (including phenoxy) is 1. The highest BCUT2D eigenvalue weighted by atomic mass is 16.5. The number of amides is 1. The molecule has 5 nitrogen and oxygen atoms in total. The molecular weight excluding hydrogens is 330 g/mol. The fourth-order valence-electron chi connectivity index (χ4n) is 3.91. The minimum Gasteiger partial charge on any atom is -0.479 e. The number of benzene rings is 1. The molecule has 0 aromatic heterocycles. The Hall–Kier alpha value is -1.88. The molecule has 0 aliphatic carbocycles. The lowest BCUT2D eigenvalue weighted by Crippen LogP contribution is -2.46. The molecule has 1 amide bonds. The summed E-state index contributed by atoms with van der Waals surface area (Å²) >= 11 is 0. The minimum atomic E-state index is -0.918. The van der Waals surface area contributed by atoms with Gasteiger partial charge in [0.25, 0.3) is 0 Å². The molecule has 0 saturated carbocycles. The van der Waals surface area contributed by atoms with Gasteiger partial charge in [0.05, 0.1) is 0 Å². The lowest BCUT2D eigenvalue weighted by Gasteiger charge is -2.36. The number of carboxylic acid groups (broad SMARTS) is 1. The zero-order chi connectivity index (χ0) is 19.1. The molecule has 0 radical (unpaired) electrons. The van der Waals surface area contributed by atoms with Crippen LogP contribution in [0.2, 0.25) is 0 Å². The van der Waals surface area contributed by atoms with Gasteiger partial charge in [0.1, 0.15) is 0 Å². The molecule has 1 aromatic carbocycles. The molecular formula is C21H31NO4. The monoisotopic (exact) mass is 361 g/mol. The fourth-order valence-corrected chi connectivity index (χ4v) is 3.91. The van der Waals surface area contributed by atoms with E-state index in [9.17, 15) is 14.7 Å². The van der Waals surface area contributed by atoms with E-state index < -0.39 is 12.1 Å². The first kappa shape index (κ1) is 20.4. The zero-order valence-electron chi connectivity index (χ0n) is 16.1. The highest BCUT2D eigenvalue weighted by Gasteiger charge is 2.34. The number of aliphatic carboxylic acids is 1. The number of nitrogens with zero attached hydrogens (tertiary/aromatic N) is 1. The summed E-state index contributed by atoms with van der Waals surface area (Å²) in [6.45, 7) is 5.52. The fraction of sp³-hybridized carbons (Fsp3) is 0.619. The van der Waals surface area contributed by atoms with Crippen LogP contribution in [0.4, 0.5) is 0 Å². The molecule has 1 aliphatic rings. The average Bonchev–Trinajstić information content (AvgIpc) is 2.62. The van der Waals surface area contributed by atoms with Crippen molar-refractivity contribution in [3.05, 3.63) is 35.9 Å². The third-order valence-corrected chi connectivity index (χ3v) is 5.21. The number of carbonyl (C=O) groups excluding carboxylic acids is 1. The summed E-state index contributed by atoms with van der Waals surface area (Å²) < 4.78 is 5.12. The van der Waals surface area contributed by atoms with Gasteiger partial charge in [0.2, 0.25) is 5.91 Å². The number of likely N-dealkylation sites (tertiary alicyclic amines) is 1. The van der Waals surface area contributed by atoms with E-state index in [-0.39, 0.29) is 17.7 Å². The summed E-state index contributed by atoms with van der Waals surface area (Å²) in [5.41, 5.74) is 1.19. The number of hydrogen-bond donors (Lipinski definition) is 1. The van der Waals surface area contributed by atoms with Gasteiger partial charge in [-0.2, -0.15) is 0 Å². The predicted octanol–water partition coefficient (Wildman–Crippen LogP) is 3.23. The van der Waals surface area contributed by atoms with Crippen LogP contribution in [0.3, 0.4) is 0 Å². The van der Waals surface area contributed by atoms with Crippen LogP contribution >= 0.6 is 0 Å². The second-order valence-corrected chi connectivity index (χ2v) is 7.67. The zero-order valence-corrected chi connectivity index (χ0v) is 16.1. The molecule has 0 bridgehead atoms. The molecule has 26 heavy (non-hydrogen) atoms. The van der Waals surface area contributed by atoms with Gasteiger partial charge in [0.15, 0.2) is 6.10 Å². The van der Waals surface area contributed by atoms with E-state index >= 15 is 0 Å². The van der Waals surface area contributed by atoms with E-state index in [1.807, 2.05) is 23.1 Å². The van der Waals surface area contributed by atoms with Gasteiger partial charge in [0, 0.05) is 26.1 Å². The minimum absolute atomic E-state index is 0.0216. The normalized spacial score (nSPS) is 17.9. The van der Waals surface area contributed by atoms with Crippen LogP contribution in [0.5, 0.6) is 0 Å². The lowest BCUT2D eigenvalue weighted by molar-refractivity contribution is -0.153. The van der Waals surface area contributed by atoms with E-state index in [1.165, 1.54) is 12.7 Å². The topological polar surface area (TPSA) is 66.8 Å². The molecule has 1 fully saturated rings. The number of piperidine rings is 1. The Balaban J connectivity index is 1.99. The summed E-state index contributed by atoms with van der Waals surface area (Å²) in [7, 11) is 1.44. The Labute approximate surface area is 156 Å². The van der Waals surface area contributed by atoms with Gasteiger partial charge in [-0.15, -0.1) is 0 Å². The summed E-state index contributed by atoms with van der Waals surface area (Å²) in [6, 6.07) is 10.1. The Morgan fingerprint density at radius 2 is 1.81 bits per heavy atom. The van der Waals surface area contributed by atoms with Gasteiger partial charge in [-0.3, -0.25) is 4.79 Å². The second kappa shape index (κ2) is 9.72. The number of methoxy groups -OCH3 is 1. The number of carbonyl (C=O) groups is 2. The molecule has 144 valence electrons. The molecule has 2 unspecified atom stereocenters. The van der Waals surface area contributed by atoms with Crippen molar-refractivity contribution < 1.29 is 19.4 Å². The van der Waals surface area contributed by atoms with Gasteiger partial charge in [-0.05, 0) is 43.1 Å². The Morgan fingerprint density at radius 1 is 1.19 bits per heavy atom. The van der Waals surface area contributed by atoms with Gasteiger partial charge in [-0.25, -0.2) is 4.79 Å². The SMILES string of the molecule is COC(C(=O)O)C1CCN(C(=O)C(Cc2ccccc2)CC(C)C)CC1. The first-order valence-electron chi connectivity index (χ1n) is 9.50. The molecule has 0 spiro atoms. The van der Waals surface area contributed by atoms with E-state index in [0.29, 0.717) is 31.8 Å². The van der Waals surface area contributed by atoms with Crippen molar-refractivity contribution in [3.63, 3.8) is 0 Å². The van der Waals surface area contributed by atoms with Crippen LogP contribution in [0.15, 0.2) is 30.3 Å². The van der Waals surface area contributed by atoms with Crippen LogP contribution in [0.1, 0.15) is 38.7 Å². The quantitative estimate of drug-likeness (QED) is 0.772. The van der Waals surface area contributed by atoms with Crippen molar-refractivity contribution in [1.29, 1.82) is 0 Å². The first-order chi connectivity index (χ1) is 12.4. The van der Waals surface area contributed by atoms with Crippen molar-refractivity contribution in [2.75, 3.05) is 20.2 Å². The number of carboxylic acids is 1. The third-order valence-electron chi connectivity index (χ3n) is 5.21. The van der Waals surface area contributed by atoms with Gasteiger partial charge < -0.3 is 14.7 Å². The molecule has 1 aromatic rings. The van der Waals surface area contributed by atoms with E-state index in [4.69, 9.17) is 4.74 Å². The summed E-state index contributed by atoms with van der Waals surface area (Å²) in [6.07, 6.45) is 2.20. The van der Waals surface area contributed by atoms with Crippen molar-refractivity contribution in [1.82, 2.24) is 4.90 Å². The van der Waals surface area contributed by atoms with Crippen molar-refractivity contribution in [2.24, 2.45) is 17.8 Å². The largest absolute Gasteiger partial charge is 0.479 e. The average molecular weight is 361 g/mol. The van der Waals surface area contributed by atoms with Crippen LogP contribution in [-0.2, 0) is 20.7 Å². The molecule has 1 heterocycles. The van der Waals surface area contributed by atoms with Crippen LogP contribution in [0, 0.1) is 17.8 Å². The highest BCUT2D eigenvalue weighted by Crippen LogP contribution is 2.26. The lowest BCUT2D eigenvalue weighted by atomic mass is 9.87. The van der Waals surface area contributed by atoms with Crippen LogP contribution in [-0.4, -0.2) is 48.2 Å². The first-order valence-corrected chi connectivity index (χ1v) is 9.50. The third kappa shape index (κ3) is 5.56. The van der Waals surface area contributed by atoms with E-state index in [2.05, 4.69) is 26.0 Å². The van der Waals surface area contributed by atoms with Gasteiger partial charge >= 0.3 is 5.97 Å².